The maximum Gasteiger partial charge on any atom is 0.392 e. The van der Waals surface area contributed by atoms with Crippen molar-refractivity contribution in [2.45, 2.75) is 12.6 Å². The standard InChI is InChI=1S/C5H5F3O2/c6-5(7,8)3-1-2(3)4(9)10/h2-3H,1H2,(H,9,10)/t2-,3-/m0/s1. The van der Waals surface area contributed by atoms with Gasteiger partial charge in [-0.2, -0.15) is 13.2 Å². The van der Waals surface area contributed by atoms with Gasteiger partial charge < -0.3 is 5.11 Å². The van der Waals surface area contributed by atoms with E-state index >= 15 is 0 Å². The molecule has 0 aromatic carbocycles. The molecule has 1 rings (SSSR count). The van der Waals surface area contributed by atoms with Gasteiger partial charge in [-0.15, -0.1) is 0 Å². The highest BCUT2D eigenvalue weighted by molar-refractivity contribution is 5.73. The Kier molecular flexibility index (Phi) is 1.38. The van der Waals surface area contributed by atoms with Crippen molar-refractivity contribution >= 4 is 5.97 Å². The maximum absolute atomic E-state index is 11.6. The molecule has 1 N–H and O–H groups in total. The molecular formula is C5H5F3O2. The molecule has 0 aromatic rings. The topological polar surface area (TPSA) is 37.3 Å². The minimum Gasteiger partial charge on any atom is -0.481 e. The first-order chi connectivity index (χ1) is 4.43. The van der Waals surface area contributed by atoms with Crippen LogP contribution in [0.4, 0.5) is 13.2 Å². The molecule has 5 heteroatoms. The fourth-order valence-electron chi connectivity index (χ4n) is 0.830. The number of alkyl halides is 3. The summed E-state index contributed by atoms with van der Waals surface area (Å²) in [6.07, 6.45) is -4.57. The summed E-state index contributed by atoms with van der Waals surface area (Å²) in [5, 5.41) is 8.09. The minimum atomic E-state index is -4.32. The van der Waals surface area contributed by atoms with Gasteiger partial charge in [0, 0.05) is 0 Å². The SMILES string of the molecule is O=C(O)[C@H]1C[C@@H]1C(F)(F)F. The van der Waals surface area contributed by atoms with Gasteiger partial charge in [-0.05, 0) is 6.42 Å². The molecule has 1 fully saturated rings. The Balaban J connectivity index is 2.46. The molecule has 2 nitrogen and oxygen atoms in total. The summed E-state index contributed by atoms with van der Waals surface area (Å²) in [4.78, 5) is 9.92. The van der Waals surface area contributed by atoms with E-state index in [4.69, 9.17) is 5.11 Å². The smallest absolute Gasteiger partial charge is 0.392 e. The van der Waals surface area contributed by atoms with Gasteiger partial charge >= 0.3 is 12.1 Å². The average molecular weight is 154 g/mol. The molecule has 1 saturated carbocycles. The van der Waals surface area contributed by atoms with Gasteiger partial charge in [0.25, 0.3) is 0 Å². The molecule has 2 atom stereocenters. The summed E-state index contributed by atoms with van der Waals surface area (Å²) in [5.41, 5.74) is 0. The van der Waals surface area contributed by atoms with Gasteiger partial charge in [0.1, 0.15) is 0 Å². The summed E-state index contributed by atoms with van der Waals surface area (Å²) in [7, 11) is 0. The zero-order valence-corrected chi connectivity index (χ0v) is 4.85. The molecule has 1 aliphatic rings. The Hall–Kier alpha value is -0.740. The van der Waals surface area contributed by atoms with Crippen LogP contribution < -0.4 is 0 Å². The van der Waals surface area contributed by atoms with Crippen LogP contribution in [0.25, 0.3) is 0 Å². The van der Waals surface area contributed by atoms with E-state index in [1.165, 1.54) is 0 Å². The predicted molar refractivity (Wildman–Crippen MR) is 25.3 cm³/mol. The van der Waals surface area contributed by atoms with Crippen LogP contribution in [0, 0.1) is 11.8 Å². The second-order valence-corrected chi connectivity index (χ2v) is 2.33. The number of halogens is 3. The Bertz CT molecular complexity index is 163. The van der Waals surface area contributed by atoms with Crippen LogP contribution in [0.2, 0.25) is 0 Å². The molecule has 0 radical (unpaired) electrons. The number of rotatable bonds is 1. The van der Waals surface area contributed by atoms with Crippen LogP contribution >= 0.6 is 0 Å². The molecule has 58 valence electrons. The summed E-state index contributed by atoms with van der Waals surface area (Å²) < 4.78 is 34.8. The van der Waals surface area contributed by atoms with E-state index in [0.29, 0.717) is 0 Å². The van der Waals surface area contributed by atoms with Crippen LogP contribution in [0.5, 0.6) is 0 Å². The van der Waals surface area contributed by atoms with Gasteiger partial charge in [0.15, 0.2) is 0 Å². The zero-order valence-electron chi connectivity index (χ0n) is 4.85. The van der Waals surface area contributed by atoms with Crippen molar-refractivity contribution < 1.29 is 23.1 Å². The van der Waals surface area contributed by atoms with Gasteiger partial charge in [0.2, 0.25) is 0 Å². The van der Waals surface area contributed by atoms with E-state index in [0.717, 1.165) is 0 Å². The fourth-order valence-corrected chi connectivity index (χ4v) is 0.830. The first-order valence-electron chi connectivity index (χ1n) is 2.72. The Morgan fingerprint density at radius 1 is 1.50 bits per heavy atom. The zero-order chi connectivity index (χ0) is 7.94. The summed E-state index contributed by atoms with van der Waals surface area (Å²) in [6, 6.07) is 0. The van der Waals surface area contributed by atoms with Crippen LogP contribution in [-0.4, -0.2) is 17.3 Å². The van der Waals surface area contributed by atoms with Gasteiger partial charge in [0.05, 0.1) is 11.8 Å². The van der Waals surface area contributed by atoms with E-state index in [9.17, 15) is 18.0 Å². The molecule has 1 aliphatic carbocycles. The molecule has 0 amide bonds. The Morgan fingerprint density at radius 3 is 2.10 bits per heavy atom. The van der Waals surface area contributed by atoms with E-state index in [1.54, 1.807) is 0 Å². The molecule has 0 bridgehead atoms. The third-order valence-corrected chi connectivity index (χ3v) is 1.53. The first-order valence-corrected chi connectivity index (χ1v) is 2.72. The van der Waals surface area contributed by atoms with Crippen molar-refractivity contribution in [2.24, 2.45) is 11.8 Å². The maximum atomic E-state index is 11.6. The van der Waals surface area contributed by atoms with E-state index in [1.807, 2.05) is 0 Å². The highest BCUT2D eigenvalue weighted by atomic mass is 19.4. The molecule has 0 heterocycles. The van der Waals surface area contributed by atoms with Gasteiger partial charge in [-0.25, -0.2) is 0 Å². The second kappa shape index (κ2) is 1.87. The second-order valence-electron chi connectivity index (χ2n) is 2.33. The first kappa shape index (κ1) is 7.37. The predicted octanol–water partition coefficient (Wildman–Crippen LogP) is 1.27. The van der Waals surface area contributed by atoms with E-state index in [-0.39, 0.29) is 6.42 Å². The lowest BCUT2D eigenvalue weighted by molar-refractivity contribution is -0.160. The number of carboxylic acids is 1. The van der Waals surface area contributed by atoms with Gasteiger partial charge in [-0.3, -0.25) is 4.79 Å². The summed E-state index contributed by atoms with van der Waals surface area (Å²) in [6.45, 7) is 0. The molecule has 0 spiro atoms. The number of hydrogen-bond donors (Lipinski definition) is 1. The van der Waals surface area contributed by atoms with Crippen LogP contribution in [0.15, 0.2) is 0 Å². The number of carbonyl (C=O) groups is 1. The highest BCUT2D eigenvalue weighted by Crippen LogP contribution is 2.49. The molecule has 0 aliphatic heterocycles. The van der Waals surface area contributed by atoms with Crippen LogP contribution in [0.3, 0.4) is 0 Å². The van der Waals surface area contributed by atoms with Crippen molar-refractivity contribution in [2.75, 3.05) is 0 Å². The lowest BCUT2D eigenvalue weighted by atomic mass is 10.3. The Labute approximate surface area is 54.6 Å². The number of carboxylic acid groups (broad SMARTS) is 1. The van der Waals surface area contributed by atoms with Crippen molar-refractivity contribution in [1.82, 2.24) is 0 Å². The highest BCUT2D eigenvalue weighted by Gasteiger charge is 2.59. The quantitative estimate of drug-likeness (QED) is 0.617. The monoisotopic (exact) mass is 154 g/mol. The van der Waals surface area contributed by atoms with Crippen molar-refractivity contribution in [3.63, 3.8) is 0 Å². The van der Waals surface area contributed by atoms with Crippen LogP contribution in [0.1, 0.15) is 6.42 Å². The van der Waals surface area contributed by atoms with E-state index in [2.05, 4.69) is 0 Å². The minimum absolute atomic E-state index is 0.251. The third-order valence-electron chi connectivity index (χ3n) is 1.53. The molecular weight excluding hydrogens is 149 g/mol. The Morgan fingerprint density at radius 2 is 2.00 bits per heavy atom. The van der Waals surface area contributed by atoms with Crippen molar-refractivity contribution in [1.29, 1.82) is 0 Å². The summed E-state index contributed by atoms with van der Waals surface area (Å²) >= 11 is 0. The summed E-state index contributed by atoms with van der Waals surface area (Å²) in [5.74, 6) is -4.12. The normalized spacial score (nSPS) is 31.9. The molecule has 10 heavy (non-hydrogen) atoms. The molecule has 0 unspecified atom stereocenters. The van der Waals surface area contributed by atoms with Crippen molar-refractivity contribution in [3.8, 4) is 0 Å². The number of aliphatic carboxylic acids is 1. The molecule has 0 saturated heterocycles. The average Bonchev–Trinajstić information content (AvgIpc) is 2.35. The molecule has 0 aromatic heterocycles. The van der Waals surface area contributed by atoms with Gasteiger partial charge in [-0.1, -0.05) is 0 Å². The van der Waals surface area contributed by atoms with E-state index < -0.39 is 24.0 Å². The number of hydrogen-bond acceptors (Lipinski definition) is 1. The lowest BCUT2D eigenvalue weighted by Crippen LogP contribution is -2.14. The largest absolute Gasteiger partial charge is 0.481 e. The van der Waals surface area contributed by atoms with Crippen molar-refractivity contribution in [3.05, 3.63) is 0 Å². The van der Waals surface area contributed by atoms with Crippen LogP contribution in [-0.2, 0) is 4.79 Å². The third kappa shape index (κ3) is 1.22. The fraction of sp³-hybridized carbons (Fsp3) is 0.800. The lowest BCUT2D eigenvalue weighted by Gasteiger charge is -2.01.